The molecule has 0 fully saturated rings. The first-order valence-electron chi connectivity index (χ1n) is 10.6. The second-order valence-electron chi connectivity index (χ2n) is 7.35. The van der Waals surface area contributed by atoms with Crippen LogP contribution >= 0.6 is 11.3 Å². The predicted octanol–water partition coefficient (Wildman–Crippen LogP) is 6.30. The first-order chi connectivity index (χ1) is 16.6. The minimum absolute atomic E-state index is 0.180. The number of methoxy groups -OCH3 is 1. The van der Waals surface area contributed by atoms with Gasteiger partial charge in [-0.05, 0) is 31.2 Å². The van der Waals surface area contributed by atoms with Gasteiger partial charge in [-0.25, -0.2) is 9.59 Å². The van der Waals surface area contributed by atoms with Gasteiger partial charge in [-0.3, -0.25) is 0 Å². The maximum atomic E-state index is 12.7. The van der Waals surface area contributed by atoms with E-state index in [-0.39, 0.29) is 23.8 Å². The van der Waals surface area contributed by atoms with Gasteiger partial charge in [-0.1, -0.05) is 36.4 Å². The number of carbonyl (C=O) groups excluding carboxylic acids is 2. The number of hydrogen-bond acceptors (Lipinski definition) is 8. The normalized spacial score (nSPS) is 11.1. The quantitative estimate of drug-likeness (QED) is 0.255. The third kappa shape index (κ3) is 3.92. The molecule has 0 aliphatic carbocycles. The van der Waals surface area contributed by atoms with E-state index < -0.39 is 11.9 Å². The number of rotatable bonds is 7. The fraction of sp³-hybridized carbons (Fsp3) is 0.154. The maximum absolute atomic E-state index is 12.7. The molecule has 172 valence electrons. The summed E-state index contributed by atoms with van der Waals surface area (Å²) in [5.74, 6) is 0.0491. The highest BCUT2D eigenvalue weighted by Gasteiger charge is 2.31. The summed E-state index contributed by atoms with van der Waals surface area (Å²) in [4.78, 5) is 25.6. The lowest BCUT2D eigenvalue weighted by atomic mass is 10.1. The zero-order valence-corrected chi connectivity index (χ0v) is 19.3. The molecular weight excluding hydrogens is 456 g/mol. The van der Waals surface area contributed by atoms with Crippen LogP contribution in [0.25, 0.3) is 43.9 Å². The lowest BCUT2D eigenvalue weighted by molar-refractivity contribution is -0.145. The molecule has 0 saturated carbocycles. The summed E-state index contributed by atoms with van der Waals surface area (Å²) in [6.07, 6.45) is 0. The van der Waals surface area contributed by atoms with Crippen LogP contribution in [-0.4, -0.2) is 32.3 Å². The van der Waals surface area contributed by atoms with Gasteiger partial charge < -0.3 is 23.0 Å². The molecule has 0 aliphatic rings. The van der Waals surface area contributed by atoms with Crippen molar-refractivity contribution in [1.82, 2.24) is 0 Å². The van der Waals surface area contributed by atoms with Gasteiger partial charge in [-0.2, -0.15) is 0 Å². The molecule has 3 aromatic heterocycles. The zero-order valence-electron chi connectivity index (χ0n) is 18.5. The minimum atomic E-state index is -0.594. The Labute approximate surface area is 198 Å². The van der Waals surface area contributed by atoms with Crippen molar-refractivity contribution in [2.75, 3.05) is 20.3 Å². The SMILES string of the molecule is CCOC(=O)COc1c(C(=O)OC)sc(-c2cc3ccccc3o2)c1-c1cc2ccccc2o1. The lowest BCUT2D eigenvalue weighted by Gasteiger charge is -2.08. The molecule has 0 aliphatic heterocycles. The number of para-hydroxylation sites is 2. The topological polar surface area (TPSA) is 88.1 Å². The van der Waals surface area contributed by atoms with Gasteiger partial charge in [-0.15, -0.1) is 11.3 Å². The third-order valence-electron chi connectivity index (χ3n) is 5.20. The van der Waals surface area contributed by atoms with Crippen molar-refractivity contribution >= 4 is 45.2 Å². The van der Waals surface area contributed by atoms with Crippen LogP contribution < -0.4 is 4.74 Å². The molecule has 0 amide bonds. The van der Waals surface area contributed by atoms with Crippen molar-refractivity contribution in [3.63, 3.8) is 0 Å². The number of hydrogen-bond donors (Lipinski definition) is 0. The summed E-state index contributed by atoms with van der Waals surface area (Å²) < 4.78 is 28.1. The Morgan fingerprint density at radius 3 is 2.15 bits per heavy atom. The van der Waals surface area contributed by atoms with E-state index in [1.807, 2.05) is 60.7 Å². The standard InChI is InChI=1S/C26H20O7S/c1-3-30-21(27)14-31-23-22(19-12-15-8-4-6-10-17(15)32-19)24(34-25(23)26(28)29-2)20-13-16-9-5-7-11-18(16)33-20/h4-13H,3,14H2,1-2H3. The van der Waals surface area contributed by atoms with Crippen molar-refractivity contribution in [3.05, 3.63) is 65.5 Å². The molecule has 0 spiro atoms. The third-order valence-corrected chi connectivity index (χ3v) is 6.36. The van der Waals surface area contributed by atoms with E-state index >= 15 is 0 Å². The van der Waals surface area contributed by atoms with Crippen LogP contribution in [-0.2, 0) is 14.3 Å². The summed E-state index contributed by atoms with van der Waals surface area (Å²) in [5.41, 5.74) is 1.88. The van der Waals surface area contributed by atoms with E-state index in [1.165, 1.54) is 7.11 Å². The number of benzene rings is 2. The molecule has 0 bridgehead atoms. The van der Waals surface area contributed by atoms with Crippen molar-refractivity contribution in [3.8, 4) is 27.7 Å². The second-order valence-corrected chi connectivity index (χ2v) is 8.37. The number of ether oxygens (including phenoxy) is 3. The van der Waals surface area contributed by atoms with Crippen LogP contribution in [0.4, 0.5) is 0 Å². The Hall–Kier alpha value is -4.04. The summed E-state index contributed by atoms with van der Waals surface area (Å²) in [6, 6.07) is 18.9. The predicted molar refractivity (Wildman–Crippen MR) is 128 cm³/mol. The average molecular weight is 477 g/mol. The smallest absolute Gasteiger partial charge is 0.351 e. The molecule has 34 heavy (non-hydrogen) atoms. The van der Waals surface area contributed by atoms with Crippen LogP contribution in [0.1, 0.15) is 16.6 Å². The van der Waals surface area contributed by atoms with E-state index in [1.54, 1.807) is 6.92 Å². The number of carbonyl (C=O) groups is 2. The Bertz CT molecular complexity index is 1440. The largest absolute Gasteiger partial charge is 0.479 e. The average Bonchev–Trinajstić information content (AvgIpc) is 3.56. The van der Waals surface area contributed by atoms with Gasteiger partial charge >= 0.3 is 11.9 Å². The Kier molecular flexibility index (Phi) is 5.81. The highest BCUT2D eigenvalue weighted by Crippen LogP contribution is 2.50. The molecule has 5 aromatic rings. The fourth-order valence-corrected chi connectivity index (χ4v) is 4.83. The molecule has 0 unspecified atom stereocenters. The van der Waals surface area contributed by atoms with E-state index in [2.05, 4.69) is 0 Å². The summed E-state index contributed by atoms with van der Waals surface area (Å²) in [6.45, 7) is 1.56. The molecule has 7 nitrogen and oxygen atoms in total. The van der Waals surface area contributed by atoms with Gasteiger partial charge in [0.1, 0.15) is 22.7 Å². The van der Waals surface area contributed by atoms with Crippen molar-refractivity contribution in [2.45, 2.75) is 6.92 Å². The molecule has 2 aromatic carbocycles. The van der Waals surface area contributed by atoms with Gasteiger partial charge in [0.2, 0.25) is 0 Å². The van der Waals surface area contributed by atoms with Crippen molar-refractivity contribution in [1.29, 1.82) is 0 Å². The molecule has 0 saturated heterocycles. The van der Waals surface area contributed by atoms with Crippen molar-refractivity contribution in [2.24, 2.45) is 0 Å². The number of fused-ring (bicyclic) bond motifs is 2. The van der Waals surface area contributed by atoms with E-state index in [9.17, 15) is 9.59 Å². The molecule has 8 heteroatoms. The molecule has 0 atom stereocenters. The fourth-order valence-electron chi connectivity index (χ4n) is 3.71. The number of esters is 2. The van der Waals surface area contributed by atoms with Crippen LogP contribution in [0.5, 0.6) is 5.75 Å². The second kappa shape index (κ2) is 9.07. The highest BCUT2D eigenvalue weighted by molar-refractivity contribution is 7.18. The molecule has 5 rings (SSSR count). The van der Waals surface area contributed by atoms with E-state index in [0.717, 1.165) is 22.1 Å². The van der Waals surface area contributed by atoms with Crippen LogP contribution in [0, 0.1) is 0 Å². The van der Waals surface area contributed by atoms with E-state index in [4.69, 9.17) is 23.0 Å². The van der Waals surface area contributed by atoms with Gasteiger partial charge in [0, 0.05) is 10.8 Å². The van der Waals surface area contributed by atoms with E-state index in [0.29, 0.717) is 33.1 Å². The van der Waals surface area contributed by atoms with Crippen molar-refractivity contribution < 1.29 is 32.6 Å². The first kappa shape index (κ1) is 21.8. The molecule has 3 heterocycles. The van der Waals surface area contributed by atoms with Gasteiger partial charge in [0.25, 0.3) is 0 Å². The van der Waals surface area contributed by atoms with Crippen LogP contribution in [0.2, 0.25) is 0 Å². The molecule has 0 N–H and O–H groups in total. The minimum Gasteiger partial charge on any atom is -0.479 e. The molecular formula is C26H20O7S. The van der Waals surface area contributed by atoms with Gasteiger partial charge in [0.15, 0.2) is 17.2 Å². The van der Waals surface area contributed by atoms with Crippen LogP contribution in [0.3, 0.4) is 0 Å². The zero-order chi connectivity index (χ0) is 23.7. The summed E-state index contributed by atoms with van der Waals surface area (Å²) in [7, 11) is 1.29. The monoisotopic (exact) mass is 476 g/mol. The van der Waals surface area contributed by atoms with Gasteiger partial charge in [0.05, 0.1) is 24.2 Å². The Balaban J connectivity index is 1.73. The first-order valence-corrected chi connectivity index (χ1v) is 11.4. The highest BCUT2D eigenvalue weighted by atomic mass is 32.1. The summed E-state index contributed by atoms with van der Waals surface area (Å²) in [5, 5.41) is 1.80. The Morgan fingerprint density at radius 2 is 1.53 bits per heavy atom. The van der Waals surface area contributed by atoms with Crippen LogP contribution in [0.15, 0.2) is 69.5 Å². The summed E-state index contributed by atoms with van der Waals surface area (Å²) >= 11 is 1.15. The molecule has 0 radical (unpaired) electrons. The number of furan rings is 2. The lowest BCUT2D eigenvalue weighted by Crippen LogP contribution is -2.15. The number of thiophene rings is 1. The Morgan fingerprint density at radius 1 is 0.912 bits per heavy atom. The maximum Gasteiger partial charge on any atom is 0.351 e.